The minimum absolute atomic E-state index is 0.0627. The summed E-state index contributed by atoms with van der Waals surface area (Å²) in [5, 5.41) is 3.69. The number of halogens is 1. The lowest BCUT2D eigenvalue weighted by molar-refractivity contribution is 0.0875. The first-order chi connectivity index (χ1) is 7.63. The molecule has 0 saturated carbocycles. The molecule has 0 atom stereocenters. The highest BCUT2D eigenvalue weighted by molar-refractivity contribution is 6.31. The summed E-state index contributed by atoms with van der Waals surface area (Å²) in [7, 11) is 1.57. The first-order valence-corrected chi connectivity index (χ1v) is 5.60. The summed E-state index contributed by atoms with van der Waals surface area (Å²) in [6, 6.07) is 3.51. The van der Waals surface area contributed by atoms with E-state index in [2.05, 4.69) is 5.32 Å². The SMILES string of the molecule is COc1cc(C)c(Cl)cc1C(=O)C1CNC1. The standard InChI is InChI=1S/C12H14ClNO2/c1-7-3-11(16-2)9(4-10(7)13)12(15)8-5-14-6-8/h3-4,8,14H,5-6H2,1-2H3. The third-order valence-corrected chi connectivity index (χ3v) is 3.31. The van der Waals surface area contributed by atoms with Crippen molar-refractivity contribution in [1.29, 1.82) is 0 Å². The van der Waals surface area contributed by atoms with Crippen LogP contribution in [0.2, 0.25) is 5.02 Å². The van der Waals surface area contributed by atoms with Gasteiger partial charge in [-0.05, 0) is 24.6 Å². The molecule has 0 amide bonds. The van der Waals surface area contributed by atoms with E-state index in [4.69, 9.17) is 16.3 Å². The van der Waals surface area contributed by atoms with Crippen LogP contribution in [-0.4, -0.2) is 26.0 Å². The largest absolute Gasteiger partial charge is 0.496 e. The van der Waals surface area contributed by atoms with Gasteiger partial charge in [0, 0.05) is 24.0 Å². The molecule has 1 N–H and O–H groups in total. The van der Waals surface area contributed by atoms with Crippen LogP contribution in [0.4, 0.5) is 0 Å². The van der Waals surface area contributed by atoms with E-state index in [1.807, 2.05) is 13.0 Å². The van der Waals surface area contributed by atoms with Crippen molar-refractivity contribution < 1.29 is 9.53 Å². The number of benzene rings is 1. The first kappa shape index (κ1) is 11.4. The van der Waals surface area contributed by atoms with Crippen LogP contribution in [0.25, 0.3) is 0 Å². The Balaban J connectivity index is 2.37. The molecule has 1 aliphatic heterocycles. The molecule has 0 aromatic heterocycles. The monoisotopic (exact) mass is 239 g/mol. The van der Waals surface area contributed by atoms with Gasteiger partial charge in [0.1, 0.15) is 5.75 Å². The van der Waals surface area contributed by atoms with Crippen molar-refractivity contribution in [2.45, 2.75) is 6.92 Å². The van der Waals surface area contributed by atoms with Crippen molar-refractivity contribution in [1.82, 2.24) is 5.32 Å². The van der Waals surface area contributed by atoms with Gasteiger partial charge < -0.3 is 10.1 Å². The molecule has 2 rings (SSSR count). The molecule has 86 valence electrons. The van der Waals surface area contributed by atoms with Crippen LogP contribution >= 0.6 is 11.6 Å². The predicted molar refractivity (Wildman–Crippen MR) is 63.4 cm³/mol. The Labute approximate surface area is 99.7 Å². The van der Waals surface area contributed by atoms with Crippen LogP contribution in [0.1, 0.15) is 15.9 Å². The van der Waals surface area contributed by atoms with Crippen molar-refractivity contribution in [3.63, 3.8) is 0 Å². The third kappa shape index (κ3) is 1.93. The summed E-state index contributed by atoms with van der Waals surface area (Å²) < 4.78 is 5.22. The fourth-order valence-corrected chi connectivity index (χ4v) is 1.87. The van der Waals surface area contributed by atoms with E-state index >= 15 is 0 Å². The van der Waals surface area contributed by atoms with E-state index < -0.39 is 0 Å². The Bertz CT molecular complexity index is 427. The van der Waals surface area contributed by atoms with Gasteiger partial charge in [-0.1, -0.05) is 11.6 Å². The second-order valence-corrected chi connectivity index (χ2v) is 4.43. The van der Waals surface area contributed by atoms with Crippen LogP contribution in [0.15, 0.2) is 12.1 Å². The Morgan fingerprint density at radius 3 is 2.69 bits per heavy atom. The minimum Gasteiger partial charge on any atom is -0.496 e. The van der Waals surface area contributed by atoms with Crippen LogP contribution in [0.3, 0.4) is 0 Å². The summed E-state index contributed by atoms with van der Waals surface area (Å²) in [6.07, 6.45) is 0. The second kappa shape index (κ2) is 4.44. The Morgan fingerprint density at radius 1 is 1.50 bits per heavy atom. The number of carbonyl (C=O) groups excluding carboxylic acids is 1. The van der Waals surface area contributed by atoms with Gasteiger partial charge in [0.25, 0.3) is 0 Å². The second-order valence-electron chi connectivity index (χ2n) is 4.02. The fourth-order valence-electron chi connectivity index (χ4n) is 1.71. The number of ether oxygens (including phenoxy) is 1. The number of rotatable bonds is 3. The molecule has 0 bridgehead atoms. The summed E-state index contributed by atoms with van der Waals surface area (Å²) in [5.74, 6) is 0.781. The number of hydrogen-bond donors (Lipinski definition) is 1. The molecule has 1 aromatic carbocycles. The van der Waals surface area contributed by atoms with Crippen LogP contribution in [0, 0.1) is 12.8 Å². The highest BCUT2D eigenvalue weighted by Gasteiger charge is 2.28. The van der Waals surface area contributed by atoms with Gasteiger partial charge in [0.15, 0.2) is 5.78 Å². The maximum Gasteiger partial charge on any atom is 0.172 e. The van der Waals surface area contributed by atoms with Gasteiger partial charge in [-0.2, -0.15) is 0 Å². The lowest BCUT2D eigenvalue weighted by Gasteiger charge is -2.26. The van der Waals surface area contributed by atoms with Crippen molar-refractivity contribution in [2.24, 2.45) is 5.92 Å². The number of nitrogens with one attached hydrogen (secondary N) is 1. The van der Waals surface area contributed by atoms with Crippen molar-refractivity contribution in [3.8, 4) is 5.75 Å². The van der Waals surface area contributed by atoms with Gasteiger partial charge in [-0.25, -0.2) is 0 Å². The van der Waals surface area contributed by atoms with E-state index in [-0.39, 0.29) is 11.7 Å². The molecule has 0 spiro atoms. The fraction of sp³-hybridized carbons (Fsp3) is 0.417. The molecule has 1 aromatic rings. The molecule has 16 heavy (non-hydrogen) atoms. The van der Waals surface area contributed by atoms with Gasteiger partial charge in [-0.15, -0.1) is 0 Å². The van der Waals surface area contributed by atoms with Gasteiger partial charge in [-0.3, -0.25) is 4.79 Å². The van der Waals surface area contributed by atoms with Crippen molar-refractivity contribution >= 4 is 17.4 Å². The highest BCUT2D eigenvalue weighted by Crippen LogP contribution is 2.29. The smallest absolute Gasteiger partial charge is 0.172 e. The topological polar surface area (TPSA) is 38.3 Å². The summed E-state index contributed by atoms with van der Waals surface area (Å²) in [6.45, 7) is 3.38. The molecule has 0 unspecified atom stereocenters. The molecule has 0 radical (unpaired) electrons. The zero-order valence-electron chi connectivity index (χ0n) is 9.34. The zero-order valence-corrected chi connectivity index (χ0v) is 10.1. The molecule has 1 saturated heterocycles. The minimum atomic E-state index is 0.0627. The first-order valence-electron chi connectivity index (χ1n) is 5.22. The number of hydrogen-bond acceptors (Lipinski definition) is 3. The van der Waals surface area contributed by atoms with Crippen LogP contribution in [-0.2, 0) is 0 Å². The average molecular weight is 240 g/mol. The molecule has 1 fully saturated rings. The van der Waals surface area contributed by atoms with Gasteiger partial charge >= 0.3 is 0 Å². The maximum absolute atomic E-state index is 12.1. The van der Waals surface area contributed by atoms with E-state index in [0.717, 1.165) is 18.7 Å². The van der Waals surface area contributed by atoms with Gasteiger partial charge in [0.05, 0.1) is 12.7 Å². The Hall–Kier alpha value is -1.06. The van der Waals surface area contributed by atoms with Crippen molar-refractivity contribution in [3.05, 3.63) is 28.3 Å². The molecular formula is C12H14ClNO2. The number of aryl methyl sites for hydroxylation is 1. The third-order valence-electron chi connectivity index (χ3n) is 2.90. The molecule has 1 aliphatic rings. The lowest BCUT2D eigenvalue weighted by atomic mass is 9.92. The van der Waals surface area contributed by atoms with E-state index in [1.54, 1.807) is 13.2 Å². The summed E-state index contributed by atoms with van der Waals surface area (Å²) in [4.78, 5) is 12.1. The summed E-state index contributed by atoms with van der Waals surface area (Å²) in [5.41, 5.74) is 1.51. The average Bonchev–Trinajstić information content (AvgIpc) is 2.18. The molecule has 3 nitrogen and oxygen atoms in total. The number of Topliss-reactive ketones (excluding diaryl/α,β-unsaturated/α-hetero) is 1. The molecule has 1 heterocycles. The summed E-state index contributed by atoms with van der Waals surface area (Å²) >= 11 is 6.03. The normalized spacial score (nSPS) is 15.7. The van der Waals surface area contributed by atoms with Crippen LogP contribution in [0.5, 0.6) is 5.75 Å². The lowest BCUT2D eigenvalue weighted by Crippen LogP contribution is -2.46. The molecule has 0 aliphatic carbocycles. The van der Waals surface area contributed by atoms with E-state index in [1.165, 1.54) is 0 Å². The van der Waals surface area contributed by atoms with E-state index in [0.29, 0.717) is 16.3 Å². The maximum atomic E-state index is 12.1. The zero-order chi connectivity index (χ0) is 11.7. The van der Waals surface area contributed by atoms with E-state index in [9.17, 15) is 4.79 Å². The Morgan fingerprint density at radius 2 is 2.19 bits per heavy atom. The van der Waals surface area contributed by atoms with Crippen LogP contribution < -0.4 is 10.1 Å². The van der Waals surface area contributed by atoms with Crippen molar-refractivity contribution in [2.75, 3.05) is 20.2 Å². The Kier molecular flexibility index (Phi) is 3.17. The van der Waals surface area contributed by atoms with Gasteiger partial charge in [0.2, 0.25) is 0 Å². The number of ketones is 1. The molecule has 4 heteroatoms. The number of carbonyl (C=O) groups is 1. The quantitative estimate of drug-likeness (QED) is 0.821. The number of methoxy groups -OCH3 is 1. The predicted octanol–water partition coefficient (Wildman–Crippen LogP) is 2.06. The molecular weight excluding hydrogens is 226 g/mol. The highest BCUT2D eigenvalue weighted by atomic mass is 35.5.